The second-order valence-electron chi connectivity index (χ2n) is 6.45. The maximum absolute atomic E-state index is 11.5. The molecular weight excluding hydrogens is 362 g/mol. The van der Waals surface area contributed by atoms with Gasteiger partial charge in [0.2, 0.25) is 10.0 Å². The number of allylic oxidation sites excluding steroid dienone is 5. The molecule has 0 aliphatic heterocycles. The SMILES string of the molecule is CS(=O)(=O)Nc1cccc(C=C2CC=Cc3sc4c(c32)C=CC=CC4)c1. The summed E-state index contributed by atoms with van der Waals surface area (Å²) in [6.07, 6.45) is 18.2. The first kappa shape index (κ1) is 17.1. The highest BCUT2D eigenvalue weighted by atomic mass is 32.2. The zero-order valence-corrected chi connectivity index (χ0v) is 16.0. The maximum atomic E-state index is 11.5. The van der Waals surface area contributed by atoms with E-state index in [9.17, 15) is 8.42 Å². The summed E-state index contributed by atoms with van der Waals surface area (Å²) in [4.78, 5) is 2.70. The Morgan fingerprint density at radius 1 is 1.12 bits per heavy atom. The first-order chi connectivity index (χ1) is 12.5. The van der Waals surface area contributed by atoms with Crippen LogP contribution in [-0.4, -0.2) is 14.7 Å². The van der Waals surface area contributed by atoms with Gasteiger partial charge in [-0.3, -0.25) is 4.72 Å². The maximum Gasteiger partial charge on any atom is 0.229 e. The number of thiophene rings is 1. The molecule has 0 atom stereocenters. The van der Waals surface area contributed by atoms with Crippen LogP contribution in [-0.2, 0) is 16.4 Å². The highest BCUT2D eigenvalue weighted by molar-refractivity contribution is 7.92. The van der Waals surface area contributed by atoms with Gasteiger partial charge in [0.25, 0.3) is 0 Å². The van der Waals surface area contributed by atoms with E-state index in [4.69, 9.17) is 0 Å². The molecule has 0 radical (unpaired) electrons. The minimum atomic E-state index is -3.28. The molecule has 1 aromatic carbocycles. The van der Waals surface area contributed by atoms with Crippen molar-refractivity contribution in [1.29, 1.82) is 0 Å². The van der Waals surface area contributed by atoms with Crippen LogP contribution < -0.4 is 4.72 Å². The summed E-state index contributed by atoms with van der Waals surface area (Å²) in [5, 5.41) is 0. The Labute approximate surface area is 158 Å². The molecule has 5 heteroatoms. The summed E-state index contributed by atoms with van der Waals surface area (Å²) >= 11 is 1.85. The minimum absolute atomic E-state index is 0.585. The number of hydrogen-bond donors (Lipinski definition) is 1. The Balaban J connectivity index is 1.76. The predicted molar refractivity (Wildman–Crippen MR) is 113 cm³/mol. The number of hydrogen-bond acceptors (Lipinski definition) is 3. The quantitative estimate of drug-likeness (QED) is 0.794. The van der Waals surface area contributed by atoms with Crippen molar-refractivity contribution in [2.75, 3.05) is 11.0 Å². The summed E-state index contributed by atoms with van der Waals surface area (Å²) in [5.41, 5.74) is 5.47. The highest BCUT2D eigenvalue weighted by Gasteiger charge is 2.20. The highest BCUT2D eigenvalue weighted by Crippen LogP contribution is 2.41. The monoisotopic (exact) mass is 381 g/mol. The van der Waals surface area contributed by atoms with Crippen LogP contribution in [0.2, 0.25) is 0 Å². The van der Waals surface area contributed by atoms with Crippen LogP contribution >= 0.6 is 11.3 Å². The summed E-state index contributed by atoms with van der Waals surface area (Å²) in [5.74, 6) is 0. The van der Waals surface area contributed by atoms with Crippen molar-refractivity contribution >= 4 is 50.8 Å². The lowest BCUT2D eigenvalue weighted by molar-refractivity contribution is 0.607. The second kappa shape index (κ2) is 6.74. The van der Waals surface area contributed by atoms with E-state index in [1.807, 2.05) is 29.5 Å². The van der Waals surface area contributed by atoms with Gasteiger partial charge in [0.1, 0.15) is 0 Å². The van der Waals surface area contributed by atoms with E-state index in [0.717, 1.165) is 24.7 Å². The molecule has 2 aliphatic carbocycles. The molecule has 0 fully saturated rings. The third kappa shape index (κ3) is 3.59. The Morgan fingerprint density at radius 3 is 2.85 bits per heavy atom. The van der Waals surface area contributed by atoms with Crippen molar-refractivity contribution in [3.05, 3.63) is 75.0 Å². The minimum Gasteiger partial charge on any atom is -0.284 e. The van der Waals surface area contributed by atoms with Crippen LogP contribution in [0.25, 0.3) is 23.8 Å². The van der Waals surface area contributed by atoms with E-state index in [1.54, 1.807) is 6.07 Å². The number of nitrogens with one attached hydrogen (secondary N) is 1. The van der Waals surface area contributed by atoms with Gasteiger partial charge in [-0.25, -0.2) is 8.42 Å². The van der Waals surface area contributed by atoms with E-state index in [-0.39, 0.29) is 0 Å². The predicted octanol–water partition coefficient (Wildman–Crippen LogP) is 5.20. The molecule has 1 aromatic heterocycles. The molecule has 0 saturated heterocycles. The summed E-state index contributed by atoms with van der Waals surface area (Å²) < 4.78 is 25.5. The van der Waals surface area contributed by atoms with Gasteiger partial charge in [0.05, 0.1) is 6.26 Å². The Kier molecular flexibility index (Phi) is 4.42. The number of sulfonamides is 1. The Bertz CT molecular complexity index is 1080. The van der Waals surface area contributed by atoms with Gasteiger partial charge >= 0.3 is 0 Å². The number of benzene rings is 1. The van der Waals surface area contributed by atoms with Gasteiger partial charge in [-0.15, -0.1) is 11.3 Å². The molecule has 132 valence electrons. The third-order valence-corrected chi connectivity index (χ3v) is 6.12. The van der Waals surface area contributed by atoms with Crippen molar-refractivity contribution in [1.82, 2.24) is 0 Å². The summed E-state index contributed by atoms with van der Waals surface area (Å²) in [6.45, 7) is 0. The second-order valence-corrected chi connectivity index (χ2v) is 9.33. The molecule has 0 bridgehead atoms. The van der Waals surface area contributed by atoms with Gasteiger partial charge in [0, 0.05) is 27.4 Å². The van der Waals surface area contributed by atoms with Gasteiger partial charge < -0.3 is 0 Å². The topological polar surface area (TPSA) is 46.2 Å². The van der Waals surface area contributed by atoms with Crippen LogP contribution in [0.3, 0.4) is 0 Å². The lowest BCUT2D eigenvalue weighted by Gasteiger charge is -2.13. The van der Waals surface area contributed by atoms with Crippen LogP contribution in [0.5, 0.6) is 0 Å². The third-order valence-electron chi connectivity index (χ3n) is 4.32. The fraction of sp³-hybridized carbons (Fsp3) is 0.143. The van der Waals surface area contributed by atoms with Crippen LogP contribution in [0.1, 0.15) is 32.9 Å². The van der Waals surface area contributed by atoms with Gasteiger partial charge in [-0.05, 0) is 41.3 Å². The fourth-order valence-electron chi connectivity index (χ4n) is 3.33. The fourth-order valence-corrected chi connectivity index (χ4v) is 5.11. The van der Waals surface area contributed by atoms with Crippen molar-refractivity contribution in [2.45, 2.75) is 12.8 Å². The van der Waals surface area contributed by atoms with Crippen LogP contribution in [0.15, 0.2) is 48.6 Å². The van der Waals surface area contributed by atoms with E-state index in [0.29, 0.717) is 5.69 Å². The zero-order valence-electron chi connectivity index (χ0n) is 14.4. The molecule has 1 N–H and O–H groups in total. The molecule has 2 aliphatic rings. The average molecular weight is 382 g/mol. The number of anilines is 1. The molecule has 0 unspecified atom stereocenters. The van der Waals surface area contributed by atoms with E-state index in [1.165, 1.54) is 26.5 Å². The van der Waals surface area contributed by atoms with Gasteiger partial charge in [0.15, 0.2) is 0 Å². The number of rotatable bonds is 3. The molecule has 0 saturated carbocycles. The Morgan fingerprint density at radius 2 is 2.00 bits per heavy atom. The van der Waals surface area contributed by atoms with Crippen molar-refractivity contribution in [2.24, 2.45) is 0 Å². The van der Waals surface area contributed by atoms with E-state index in [2.05, 4.69) is 47.3 Å². The van der Waals surface area contributed by atoms with Crippen molar-refractivity contribution < 1.29 is 8.42 Å². The van der Waals surface area contributed by atoms with Crippen molar-refractivity contribution in [3.63, 3.8) is 0 Å². The standard InChI is InChI=1S/C21H19NO2S2/c1-26(23,24)22-17-9-5-7-15(14-17)13-16-8-6-12-20-21(16)18-10-3-2-4-11-19(18)25-20/h2-7,9-10,12-14,22H,8,11H2,1H3. The lowest BCUT2D eigenvalue weighted by atomic mass is 9.92. The summed E-state index contributed by atoms with van der Waals surface area (Å²) in [6, 6.07) is 7.51. The van der Waals surface area contributed by atoms with Crippen LogP contribution in [0, 0.1) is 0 Å². The molecular formula is C21H19NO2S2. The smallest absolute Gasteiger partial charge is 0.229 e. The van der Waals surface area contributed by atoms with Gasteiger partial charge in [-0.2, -0.15) is 0 Å². The zero-order chi connectivity index (χ0) is 18.1. The normalized spacial score (nSPS) is 17.0. The molecule has 26 heavy (non-hydrogen) atoms. The molecule has 3 nitrogen and oxygen atoms in total. The first-order valence-corrected chi connectivity index (χ1v) is 11.1. The molecule has 0 amide bonds. The largest absolute Gasteiger partial charge is 0.284 e. The molecule has 2 aromatic rings. The van der Waals surface area contributed by atoms with Gasteiger partial charge in [-0.1, -0.05) is 48.6 Å². The van der Waals surface area contributed by atoms with E-state index < -0.39 is 10.0 Å². The van der Waals surface area contributed by atoms with Crippen LogP contribution in [0.4, 0.5) is 5.69 Å². The molecule has 1 heterocycles. The van der Waals surface area contributed by atoms with E-state index >= 15 is 0 Å². The first-order valence-electron chi connectivity index (χ1n) is 8.44. The number of fused-ring (bicyclic) bond motifs is 3. The van der Waals surface area contributed by atoms with Crippen molar-refractivity contribution in [3.8, 4) is 0 Å². The average Bonchev–Trinajstić information content (AvgIpc) is 2.77. The summed E-state index contributed by atoms with van der Waals surface area (Å²) in [7, 11) is -3.28. The molecule has 4 rings (SSSR count). The Hall–Kier alpha value is -2.37. The lowest BCUT2D eigenvalue weighted by Crippen LogP contribution is -2.09. The molecule has 0 spiro atoms.